The first kappa shape index (κ1) is 26.0. The number of benzene rings is 2. The van der Waals surface area contributed by atoms with Gasteiger partial charge in [0.05, 0.1) is 18.6 Å². The zero-order chi connectivity index (χ0) is 28.1. The van der Waals surface area contributed by atoms with Crippen molar-refractivity contribution in [1.82, 2.24) is 24.8 Å². The van der Waals surface area contributed by atoms with Crippen molar-refractivity contribution in [2.24, 2.45) is 0 Å². The Morgan fingerprint density at radius 1 is 1.17 bits per heavy atom. The van der Waals surface area contributed by atoms with Gasteiger partial charge in [-0.2, -0.15) is 0 Å². The molecular weight excluding hydrogens is 539 g/mol. The molecule has 2 aromatic carbocycles. The van der Waals surface area contributed by atoms with Crippen LogP contribution >= 0.6 is 11.3 Å². The molecule has 0 saturated carbocycles. The SMILES string of the molecule is Cc1cc(C2CCNCC2)ccc1-c1cc(F)c2c(c1)C(=O)N(C(C(=O)Nc1nccs1)c1ncn3c1CCC3)C2. The summed E-state index contributed by atoms with van der Waals surface area (Å²) in [5, 5.41) is 8.47. The van der Waals surface area contributed by atoms with Crippen molar-refractivity contribution >= 4 is 28.3 Å². The predicted molar refractivity (Wildman–Crippen MR) is 155 cm³/mol. The topological polar surface area (TPSA) is 92.2 Å². The summed E-state index contributed by atoms with van der Waals surface area (Å²) in [7, 11) is 0. The number of aromatic nitrogens is 3. The van der Waals surface area contributed by atoms with Crippen molar-refractivity contribution in [2.45, 2.75) is 57.7 Å². The van der Waals surface area contributed by atoms with E-state index in [2.05, 4.69) is 32.7 Å². The van der Waals surface area contributed by atoms with Gasteiger partial charge >= 0.3 is 0 Å². The summed E-state index contributed by atoms with van der Waals surface area (Å²) in [5.74, 6) is -0.694. The highest BCUT2D eigenvalue weighted by Gasteiger charge is 2.42. The number of aryl methyl sites for hydroxylation is 2. The molecular formula is C31H31FN6O2S. The highest BCUT2D eigenvalue weighted by molar-refractivity contribution is 7.13. The molecule has 1 unspecified atom stereocenters. The number of nitrogens with zero attached hydrogens (tertiary/aromatic N) is 4. The Morgan fingerprint density at radius 3 is 2.80 bits per heavy atom. The first-order chi connectivity index (χ1) is 20.0. The van der Waals surface area contributed by atoms with E-state index in [1.54, 1.807) is 24.0 Å². The Balaban J connectivity index is 1.22. The number of thiazole rings is 1. The van der Waals surface area contributed by atoms with E-state index in [1.807, 2.05) is 17.6 Å². The van der Waals surface area contributed by atoms with Crippen LogP contribution in [0.4, 0.5) is 9.52 Å². The lowest BCUT2D eigenvalue weighted by Gasteiger charge is -2.26. The van der Waals surface area contributed by atoms with E-state index in [9.17, 15) is 9.59 Å². The minimum absolute atomic E-state index is 0.00380. The van der Waals surface area contributed by atoms with Crippen LogP contribution in [0.2, 0.25) is 0 Å². The maximum absolute atomic E-state index is 15.7. The van der Waals surface area contributed by atoms with Gasteiger partial charge in [0.2, 0.25) is 0 Å². The van der Waals surface area contributed by atoms with Crippen LogP contribution in [0.3, 0.4) is 0 Å². The molecule has 3 aliphatic rings. The Hall–Kier alpha value is -3.89. The molecule has 8 nitrogen and oxygen atoms in total. The van der Waals surface area contributed by atoms with Crippen molar-refractivity contribution < 1.29 is 14.0 Å². The van der Waals surface area contributed by atoms with E-state index >= 15 is 4.39 Å². The van der Waals surface area contributed by atoms with Crippen LogP contribution in [-0.4, -0.2) is 44.3 Å². The minimum Gasteiger partial charge on any atom is -0.334 e. The van der Waals surface area contributed by atoms with Crippen molar-refractivity contribution in [3.8, 4) is 11.1 Å². The summed E-state index contributed by atoms with van der Waals surface area (Å²) in [6.07, 6.45) is 7.27. The number of hydrogen-bond acceptors (Lipinski definition) is 6. The van der Waals surface area contributed by atoms with E-state index in [0.717, 1.165) is 62.1 Å². The molecule has 2 amide bonds. The lowest BCUT2D eigenvalue weighted by molar-refractivity contribution is -0.121. The summed E-state index contributed by atoms with van der Waals surface area (Å²) >= 11 is 1.30. The molecule has 2 N–H and O–H groups in total. The third-order valence-electron chi connectivity index (χ3n) is 8.66. The average molecular weight is 571 g/mol. The molecule has 4 aromatic rings. The van der Waals surface area contributed by atoms with Crippen molar-refractivity contribution in [2.75, 3.05) is 18.4 Å². The third-order valence-corrected chi connectivity index (χ3v) is 9.35. The second-order valence-electron chi connectivity index (χ2n) is 11.1. The number of rotatable bonds is 6. The van der Waals surface area contributed by atoms with Gasteiger partial charge in [0, 0.05) is 34.9 Å². The Labute approximate surface area is 241 Å². The van der Waals surface area contributed by atoms with Gasteiger partial charge in [-0.3, -0.25) is 14.9 Å². The quantitative estimate of drug-likeness (QED) is 0.332. The van der Waals surface area contributed by atoms with Gasteiger partial charge in [-0.05, 0) is 86.0 Å². The van der Waals surface area contributed by atoms with E-state index in [0.29, 0.717) is 33.4 Å². The first-order valence-electron chi connectivity index (χ1n) is 14.2. The zero-order valence-corrected chi connectivity index (χ0v) is 23.6. The number of hydrogen-bond donors (Lipinski definition) is 2. The summed E-state index contributed by atoms with van der Waals surface area (Å²) in [5.41, 5.74) is 6.02. The number of carbonyl (C=O) groups excluding carboxylic acids is 2. The van der Waals surface area contributed by atoms with Gasteiger partial charge in [0.1, 0.15) is 5.82 Å². The molecule has 2 aromatic heterocycles. The highest BCUT2D eigenvalue weighted by Crippen LogP contribution is 2.39. The van der Waals surface area contributed by atoms with Crippen LogP contribution < -0.4 is 10.6 Å². The maximum atomic E-state index is 15.7. The predicted octanol–water partition coefficient (Wildman–Crippen LogP) is 5.20. The monoisotopic (exact) mass is 570 g/mol. The molecule has 0 spiro atoms. The lowest BCUT2D eigenvalue weighted by Crippen LogP contribution is -2.38. The smallest absolute Gasteiger partial charge is 0.255 e. The van der Waals surface area contributed by atoms with Crippen LogP contribution in [0.25, 0.3) is 11.1 Å². The molecule has 7 rings (SSSR count). The standard InChI is InChI=1S/C31H31FN6O2S/c1-18-13-20(19-6-8-33-9-7-19)4-5-22(18)21-14-23-24(25(32)15-21)16-38(30(23)40)28(29(39)36-31-34-10-12-41-31)27-26-3-2-11-37(26)17-35-27/h4-5,10,12-15,17,19,28,33H,2-3,6-9,11,16H2,1H3,(H,34,36,39). The van der Waals surface area contributed by atoms with Gasteiger partial charge in [-0.15, -0.1) is 11.3 Å². The molecule has 210 valence electrons. The number of fused-ring (bicyclic) bond motifs is 2. The molecule has 1 atom stereocenters. The Kier molecular flexibility index (Phi) is 6.67. The van der Waals surface area contributed by atoms with Gasteiger partial charge in [0.25, 0.3) is 11.8 Å². The molecule has 0 radical (unpaired) electrons. The highest BCUT2D eigenvalue weighted by atomic mass is 32.1. The Morgan fingerprint density at radius 2 is 2.02 bits per heavy atom. The molecule has 3 aliphatic heterocycles. The largest absolute Gasteiger partial charge is 0.334 e. The summed E-state index contributed by atoms with van der Waals surface area (Å²) in [4.78, 5) is 37.8. The molecule has 1 saturated heterocycles. The van der Waals surface area contributed by atoms with Crippen LogP contribution in [0, 0.1) is 12.7 Å². The van der Waals surface area contributed by atoms with Crippen LogP contribution in [0.15, 0.2) is 48.2 Å². The number of imidazole rings is 1. The van der Waals surface area contributed by atoms with Gasteiger partial charge < -0.3 is 14.8 Å². The van der Waals surface area contributed by atoms with E-state index < -0.39 is 17.8 Å². The Bertz CT molecular complexity index is 1640. The minimum atomic E-state index is -0.998. The number of carbonyl (C=O) groups is 2. The van der Waals surface area contributed by atoms with E-state index in [-0.39, 0.29) is 12.5 Å². The fourth-order valence-corrected chi connectivity index (χ4v) is 7.11. The molecule has 5 heterocycles. The van der Waals surface area contributed by atoms with Gasteiger partial charge in [-0.25, -0.2) is 14.4 Å². The second kappa shape index (κ2) is 10.5. The number of nitrogens with one attached hydrogen (secondary N) is 2. The summed E-state index contributed by atoms with van der Waals surface area (Å²) in [6.45, 7) is 4.90. The van der Waals surface area contributed by atoms with Crippen molar-refractivity contribution in [1.29, 1.82) is 0 Å². The van der Waals surface area contributed by atoms with Crippen LogP contribution in [0.5, 0.6) is 0 Å². The van der Waals surface area contributed by atoms with Gasteiger partial charge in [0.15, 0.2) is 11.2 Å². The number of halogens is 1. The summed E-state index contributed by atoms with van der Waals surface area (Å²) in [6, 6.07) is 8.67. The van der Waals surface area contributed by atoms with Crippen molar-refractivity contribution in [3.63, 3.8) is 0 Å². The fourth-order valence-electron chi connectivity index (χ4n) is 6.57. The lowest BCUT2D eigenvalue weighted by atomic mass is 9.87. The molecule has 41 heavy (non-hydrogen) atoms. The number of piperidine rings is 1. The molecule has 0 aliphatic carbocycles. The normalized spacial score (nSPS) is 17.5. The maximum Gasteiger partial charge on any atom is 0.255 e. The van der Waals surface area contributed by atoms with Crippen molar-refractivity contribution in [3.05, 3.63) is 87.7 Å². The fraction of sp³-hybridized carbons (Fsp3) is 0.355. The van der Waals surface area contributed by atoms with Gasteiger partial charge in [-0.1, -0.05) is 18.2 Å². The van der Waals surface area contributed by atoms with E-state index in [4.69, 9.17) is 0 Å². The molecule has 0 bridgehead atoms. The van der Waals surface area contributed by atoms with E-state index in [1.165, 1.54) is 27.9 Å². The molecule has 1 fully saturated rings. The molecule has 10 heteroatoms. The second-order valence-corrected chi connectivity index (χ2v) is 12.0. The van der Waals surface area contributed by atoms with Crippen LogP contribution in [0.1, 0.15) is 69.7 Å². The average Bonchev–Trinajstić information content (AvgIpc) is 3.77. The van der Waals surface area contributed by atoms with Crippen LogP contribution in [-0.2, 0) is 24.3 Å². The summed E-state index contributed by atoms with van der Waals surface area (Å²) < 4.78 is 17.7. The number of anilines is 1. The third kappa shape index (κ3) is 4.64. The first-order valence-corrected chi connectivity index (χ1v) is 15.0. The number of amides is 2. The zero-order valence-electron chi connectivity index (χ0n) is 22.8.